The van der Waals surface area contributed by atoms with Gasteiger partial charge in [0.15, 0.2) is 5.82 Å². The summed E-state index contributed by atoms with van der Waals surface area (Å²) in [6.45, 7) is 4.94. The van der Waals surface area contributed by atoms with E-state index in [-0.39, 0.29) is 5.91 Å². The molecule has 0 radical (unpaired) electrons. The molecule has 1 saturated heterocycles. The minimum atomic E-state index is -0.868. The Bertz CT molecular complexity index is 702. The zero-order valence-corrected chi connectivity index (χ0v) is 13.4. The Morgan fingerprint density at radius 1 is 1.35 bits per heavy atom. The van der Waals surface area contributed by atoms with E-state index in [4.69, 9.17) is 10.5 Å². The van der Waals surface area contributed by atoms with E-state index >= 15 is 0 Å². The van der Waals surface area contributed by atoms with Crippen molar-refractivity contribution in [3.8, 4) is 5.82 Å². The number of rotatable bonds is 3. The maximum Gasteiger partial charge on any atom is 0.244 e. The summed E-state index contributed by atoms with van der Waals surface area (Å²) in [7, 11) is 0. The molecule has 0 saturated carbocycles. The predicted molar refractivity (Wildman–Crippen MR) is 86.4 cm³/mol. The third-order valence-electron chi connectivity index (χ3n) is 4.07. The molecule has 0 unspecified atom stereocenters. The Balaban J connectivity index is 1.72. The van der Waals surface area contributed by atoms with Gasteiger partial charge in [0, 0.05) is 18.9 Å². The number of carbonyl (C=O) groups excluding carboxylic acids is 1. The molecule has 23 heavy (non-hydrogen) atoms. The quantitative estimate of drug-likeness (QED) is 0.891. The van der Waals surface area contributed by atoms with E-state index in [1.165, 1.54) is 0 Å². The number of aromatic nitrogens is 3. The van der Waals surface area contributed by atoms with Gasteiger partial charge < -0.3 is 15.8 Å². The molecule has 1 fully saturated rings. The molecular weight excluding hydrogens is 294 g/mol. The first-order chi connectivity index (χ1) is 11.0. The maximum absolute atomic E-state index is 12.4. The van der Waals surface area contributed by atoms with Gasteiger partial charge in [0.25, 0.3) is 0 Å². The normalized spacial score (nSPS) is 17.0. The van der Waals surface area contributed by atoms with Gasteiger partial charge in [-0.2, -0.15) is 5.10 Å². The summed E-state index contributed by atoms with van der Waals surface area (Å²) in [5, 5.41) is 7.23. The van der Waals surface area contributed by atoms with Crippen LogP contribution in [-0.2, 0) is 9.53 Å². The second-order valence-corrected chi connectivity index (χ2v) is 5.97. The van der Waals surface area contributed by atoms with Crippen molar-refractivity contribution in [3.63, 3.8) is 0 Å². The van der Waals surface area contributed by atoms with Crippen molar-refractivity contribution in [2.75, 3.05) is 18.5 Å². The Kier molecular flexibility index (Phi) is 4.14. The molecular formula is C16H21N5O2. The Morgan fingerprint density at radius 2 is 2.09 bits per heavy atom. The minimum Gasteiger partial charge on any atom is -0.381 e. The lowest BCUT2D eigenvalue weighted by molar-refractivity contribution is -0.124. The first-order valence-electron chi connectivity index (χ1n) is 7.66. The van der Waals surface area contributed by atoms with Gasteiger partial charge in [-0.15, -0.1) is 0 Å². The summed E-state index contributed by atoms with van der Waals surface area (Å²) < 4.78 is 7.03. The van der Waals surface area contributed by atoms with E-state index in [2.05, 4.69) is 15.4 Å². The number of pyridine rings is 1. The smallest absolute Gasteiger partial charge is 0.244 e. The number of hydrogen-bond acceptors (Lipinski definition) is 5. The number of amides is 1. The number of anilines is 1. The summed E-state index contributed by atoms with van der Waals surface area (Å²) in [6.07, 6.45) is 2.67. The van der Waals surface area contributed by atoms with E-state index in [0.717, 1.165) is 11.4 Å². The van der Waals surface area contributed by atoms with Crippen molar-refractivity contribution in [1.29, 1.82) is 0 Å². The summed E-state index contributed by atoms with van der Waals surface area (Å²) in [6, 6.07) is 5.61. The lowest BCUT2D eigenvalue weighted by Crippen LogP contribution is -2.54. The van der Waals surface area contributed by atoms with Crippen LogP contribution >= 0.6 is 0 Å². The number of nitrogens with one attached hydrogen (secondary N) is 1. The fraction of sp³-hybridized carbons (Fsp3) is 0.438. The van der Waals surface area contributed by atoms with Gasteiger partial charge in [-0.3, -0.25) is 4.79 Å². The first kappa shape index (κ1) is 15.6. The SMILES string of the molecule is Cc1cc(C)n(-c2ccc(NC(=O)C3(N)CCOCC3)cn2)n1. The summed E-state index contributed by atoms with van der Waals surface area (Å²) >= 11 is 0. The molecule has 3 rings (SSSR count). The van der Waals surface area contributed by atoms with Gasteiger partial charge in [-0.25, -0.2) is 9.67 Å². The monoisotopic (exact) mass is 315 g/mol. The molecule has 7 heteroatoms. The predicted octanol–water partition coefficient (Wildman–Crippen LogP) is 1.33. The Labute approximate surface area is 134 Å². The van der Waals surface area contributed by atoms with E-state index in [9.17, 15) is 4.79 Å². The highest BCUT2D eigenvalue weighted by atomic mass is 16.5. The molecule has 0 atom stereocenters. The molecule has 0 spiro atoms. The summed E-state index contributed by atoms with van der Waals surface area (Å²) in [5.74, 6) is 0.517. The van der Waals surface area contributed by atoms with Gasteiger partial charge in [-0.05, 0) is 44.9 Å². The molecule has 7 nitrogen and oxygen atoms in total. The molecule has 1 amide bonds. The van der Waals surface area contributed by atoms with Crippen LogP contribution in [-0.4, -0.2) is 39.4 Å². The fourth-order valence-corrected chi connectivity index (χ4v) is 2.66. The van der Waals surface area contributed by atoms with Crippen molar-refractivity contribution in [2.45, 2.75) is 32.2 Å². The Hall–Kier alpha value is -2.25. The molecule has 0 bridgehead atoms. The molecule has 1 aliphatic heterocycles. The van der Waals surface area contributed by atoms with Crippen LogP contribution in [0.3, 0.4) is 0 Å². The van der Waals surface area contributed by atoms with Gasteiger partial charge in [0.2, 0.25) is 5.91 Å². The number of ether oxygens (including phenoxy) is 1. The van der Waals surface area contributed by atoms with Gasteiger partial charge in [0.05, 0.1) is 17.6 Å². The second-order valence-electron chi connectivity index (χ2n) is 5.97. The minimum absolute atomic E-state index is 0.193. The van der Waals surface area contributed by atoms with Gasteiger partial charge >= 0.3 is 0 Å². The maximum atomic E-state index is 12.4. The average molecular weight is 315 g/mol. The highest BCUT2D eigenvalue weighted by Gasteiger charge is 2.35. The number of carbonyl (C=O) groups is 1. The van der Waals surface area contributed by atoms with Crippen LogP contribution in [0.5, 0.6) is 0 Å². The van der Waals surface area contributed by atoms with Crippen molar-refractivity contribution in [3.05, 3.63) is 35.8 Å². The molecule has 3 N–H and O–H groups in total. The topological polar surface area (TPSA) is 95.1 Å². The molecule has 0 aromatic carbocycles. The molecule has 1 aliphatic rings. The van der Waals surface area contributed by atoms with Crippen LogP contribution in [0.1, 0.15) is 24.2 Å². The van der Waals surface area contributed by atoms with E-state index in [0.29, 0.717) is 37.6 Å². The molecule has 122 valence electrons. The van der Waals surface area contributed by atoms with Crippen molar-refractivity contribution >= 4 is 11.6 Å². The van der Waals surface area contributed by atoms with Crippen molar-refractivity contribution < 1.29 is 9.53 Å². The van der Waals surface area contributed by atoms with Gasteiger partial charge in [0.1, 0.15) is 5.54 Å². The third-order valence-corrected chi connectivity index (χ3v) is 4.07. The van der Waals surface area contributed by atoms with Crippen LogP contribution in [0.15, 0.2) is 24.4 Å². The van der Waals surface area contributed by atoms with Crippen LogP contribution in [0, 0.1) is 13.8 Å². The molecule has 0 aliphatic carbocycles. The fourth-order valence-electron chi connectivity index (χ4n) is 2.66. The van der Waals surface area contributed by atoms with Crippen molar-refractivity contribution in [1.82, 2.24) is 14.8 Å². The second kappa shape index (κ2) is 6.10. The van der Waals surface area contributed by atoms with E-state index < -0.39 is 5.54 Å². The van der Waals surface area contributed by atoms with Gasteiger partial charge in [-0.1, -0.05) is 0 Å². The van der Waals surface area contributed by atoms with E-state index in [1.54, 1.807) is 16.9 Å². The number of hydrogen-bond donors (Lipinski definition) is 2. The van der Waals surface area contributed by atoms with Crippen LogP contribution in [0.25, 0.3) is 5.82 Å². The van der Waals surface area contributed by atoms with Crippen LogP contribution in [0.2, 0.25) is 0 Å². The van der Waals surface area contributed by atoms with Crippen molar-refractivity contribution in [2.24, 2.45) is 5.73 Å². The number of nitrogens with zero attached hydrogens (tertiary/aromatic N) is 3. The summed E-state index contributed by atoms with van der Waals surface area (Å²) in [5.41, 5.74) is 7.87. The highest BCUT2D eigenvalue weighted by molar-refractivity contribution is 5.97. The third kappa shape index (κ3) is 3.25. The lowest BCUT2D eigenvalue weighted by atomic mass is 9.90. The number of nitrogens with two attached hydrogens (primary N) is 1. The largest absolute Gasteiger partial charge is 0.381 e. The zero-order chi connectivity index (χ0) is 16.4. The molecule has 3 heterocycles. The summed E-state index contributed by atoms with van der Waals surface area (Å²) in [4.78, 5) is 16.7. The van der Waals surface area contributed by atoms with Crippen LogP contribution in [0.4, 0.5) is 5.69 Å². The standard InChI is InChI=1S/C16H21N5O2/c1-11-9-12(2)21(20-11)14-4-3-13(10-18-14)19-15(22)16(17)5-7-23-8-6-16/h3-4,9-10H,5-8,17H2,1-2H3,(H,19,22). The highest BCUT2D eigenvalue weighted by Crippen LogP contribution is 2.20. The lowest BCUT2D eigenvalue weighted by Gasteiger charge is -2.31. The first-order valence-corrected chi connectivity index (χ1v) is 7.66. The van der Waals surface area contributed by atoms with E-state index in [1.807, 2.05) is 26.0 Å². The molecule has 2 aromatic heterocycles. The number of aryl methyl sites for hydroxylation is 2. The average Bonchev–Trinajstić information content (AvgIpc) is 2.87. The zero-order valence-electron chi connectivity index (χ0n) is 13.4. The Morgan fingerprint density at radius 3 is 2.65 bits per heavy atom. The van der Waals surface area contributed by atoms with Crippen LogP contribution < -0.4 is 11.1 Å². The molecule has 2 aromatic rings.